The first-order chi connectivity index (χ1) is 16.6. The van der Waals surface area contributed by atoms with E-state index in [0.717, 1.165) is 4.47 Å². The SMILES string of the molecule is O=C(Nc1ccc(OC(F)(F)Cl)cc1)c1cnc(N2CC[C@@H](O)C2)c(NC(=O)c2cc(Br)cs2)c1. The fourth-order valence-corrected chi connectivity index (χ4v) is 4.83. The maximum absolute atomic E-state index is 12.8. The minimum atomic E-state index is -3.84. The summed E-state index contributed by atoms with van der Waals surface area (Å²) in [6.45, 7) is 0.893. The zero-order valence-corrected chi connectivity index (χ0v) is 21.0. The molecule has 184 valence electrons. The molecule has 3 N–H and O–H groups in total. The second kappa shape index (κ2) is 10.4. The molecule has 1 aliphatic heterocycles. The number of aromatic nitrogens is 1. The first-order valence-corrected chi connectivity index (χ1v) is 12.3. The Balaban J connectivity index is 1.55. The Bertz CT molecular complexity index is 1240. The molecule has 2 amide bonds. The highest BCUT2D eigenvalue weighted by Gasteiger charge is 2.28. The van der Waals surface area contributed by atoms with Crippen LogP contribution in [0.25, 0.3) is 0 Å². The number of nitrogens with zero attached hydrogens (tertiary/aromatic N) is 2. The van der Waals surface area contributed by atoms with Gasteiger partial charge in [-0.3, -0.25) is 9.59 Å². The number of carbonyl (C=O) groups is 2. The maximum Gasteiger partial charge on any atom is 0.487 e. The topological polar surface area (TPSA) is 104 Å². The average Bonchev–Trinajstić information content (AvgIpc) is 3.42. The van der Waals surface area contributed by atoms with Crippen LogP contribution in [0, 0.1) is 0 Å². The third-order valence-corrected chi connectivity index (χ3v) is 6.74. The monoisotopic (exact) mass is 586 g/mol. The van der Waals surface area contributed by atoms with E-state index in [-0.39, 0.29) is 17.2 Å². The minimum Gasteiger partial charge on any atom is -0.420 e. The fraction of sp³-hybridized carbons (Fsp3) is 0.227. The largest absolute Gasteiger partial charge is 0.487 e. The van der Waals surface area contributed by atoms with Gasteiger partial charge in [0.25, 0.3) is 11.8 Å². The van der Waals surface area contributed by atoms with Crippen LogP contribution >= 0.6 is 38.9 Å². The lowest BCUT2D eigenvalue weighted by atomic mass is 10.2. The van der Waals surface area contributed by atoms with Gasteiger partial charge in [0.1, 0.15) is 5.75 Å². The summed E-state index contributed by atoms with van der Waals surface area (Å²) in [5.41, 5.74) is -3.05. The number of halogens is 4. The molecule has 3 heterocycles. The minimum absolute atomic E-state index is 0.156. The summed E-state index contributed by atoms with van der Waals surface area (Å²) in [5, 5.41) is 17.1. The number of β-amino-alcohol motifs (C(OH)–C–C–N with tert-alkyl or cyclic N) is 1. The quantitative estimate of drug-likeness (QED) is 0.331. The molecule has 0 bridgehead atoms. The highest BCUT2D eigenvalue weighted by Crippen LogP contribution is 2.30. The van der Waals surface area contributed by atoms with Crippen LogP contribution in [0.2, 0.25) is 0 Å². The number of aliphatic hydroxyl groups is 1. The number of rotatable bonds is 7. The highest BCUT2D eigenvalue weighted by atomic mass is 79.9. The summed E-state index contributed by atoms with van der Waals surface area (Å²) < 4.78 is 30.5. The van der Waals surface area contributed by atoms with E-state index in [9.17, 15) is 23.5 Å². The van der Waals surface area contributed by atoms with Crippen molar-refractivity contribution in [1.29, 1.82) is 0 Å². The average molecular weight is 588 g/mol. The molecular weight excluding hydrogens is 570 g/mol. The highest BCUT2D eigenvalue weighted by molar-refractivity contribution is 9.10. The number of ether oxygens (including phenoxy) is 1. The molecule has 2 aromatic heterocycles. The van der Waals surface area contributed by atoms with Crippen LogP contribution in [0.5, 0.6) is 5.75 Å². The Hall–Kier alpha value is -2.80. The van der Waals surface area contributed by atoms with Crippen molar-refractivity contribution in [3.05, 3.63) is 62.9 Å². The number of alkyl halides is 3. The van der Waals surface area contributed by atoms with Crippen LogP contribution < -0.4 is 20.3 Å². The van der Waals surface area contributed by atoms with Gasteiger partial charge < -0.3 is 25.4 Å². The number of amides is 2. The molecule has 1 aromatic carbocycles. The number of pyridine rings is 1. The molecular formula is C22H18BrClF2N4O4S. The van der Waals surface area contributed by atoms with E-state index in [0.29, 0.717) is 41.6 Å². The number of anilines is 3. The number of carbonyl (C=O) groups excluding carboxylic acids is 2. The predicted octanol–water partition coefficient (Wildman–Crippen LogP) is 5.15. The van der Waals surface area contributed by atoms with Gasteiger partial charge >= 0.3 is 5.57 Å². The number of hydrogen-bond donors (Lipinski definition) is 3. The van der Waals surface area contributed by atoms with Gasteiger partial charge in [0, 0.05) is 46.4 Å². The summed E-state index contributed by atoms with van der Waals surface area (Å²) in [5.74, 6) is -0.637. The summed E-state index contributed by atoms with van der Waals surface area (Å²) in [6, 6.07) is 8.39. The molecule has 1 aliphatic rings. The molecule has 1 saturated heterocycles. The van der Waals surface area contributed by atoms with E-state index in [1.165, 1.54) is 47.9 Å². The smallest absolute Gasteiger partial charge is 0.420 e. The molecule has 8 nitrogen and oxygen atoms in total. The zero-order valence-electron chi connectivity index (χ0n) is 17.8. The van der Waals surface area contributed by atoms with Gasteiger partial charge in [-0.25, -0.2) is 4.98 Å². The molecule has 0 unspecified atom stereocenters. The third-order valence-electron chi connectivity index (χ3n) is 4.98. The van der Waals surface area contributed by atoms with Crippen LogP contribution in [-0.2, 0) is 0 Å². The first kappa shape index (κ1) is 25.3. The number of nitrogens with one attached hydrogen (secondary N) is 2. The van der Waals surface area contributed by atoms with E-state index in [4.69, 9.17) is 11.6 Å². The van der Waals surface area contributed by atoms with Crippen molar-refractivity contribution in [2.75, 3.05) is 28.6 Å². The van der Waals surface area contributed by atoms with Gasteiger partial charge in [0.15, 0.2) is 5.82 Å². The Morgan fingerprint density at radius 2 is 1.97 bits per heavy atom. The van der Waals surface area contributed by atoms with E-state index in [1.807, 2.05) is 4.90 Å². The summed E-state index contributed by atoms with van der Waals surface area (Å²) >= 11 is 9.32. The predicted molar refractivity (Wildman–Crippen MR) is 133 cm³/mol. The molecule has 1 atom stereocenters. The molecule has 35 heavy (non-hydrogen) atoms. The lowest BCUT2D eigenvalue weighted by molar-refractivity contribution is -0.0964. The molecule has 0 spiro atoms. The van der Waals surface area contributed by atoms with E-state index < -0.39 is 17.6 Å². The van der Waals surface area contributed by atoms with Gasteiger partial charge in [-0.1, -0.05) is 0 Å². The maximum atomic E-state index is 12.8. The molecule has 0 saturated carbocycles. The van der Waals surface area contributed by atoms with Crippen molar-refractivity contribution < 1.29 is 28.2 Å². The molecule has 13 heteroatoms. The van der Waals surface area contributed by atoms with E-state index in [2.05, 4.69) is 36.3 Å². The van der Waals surface area contributed by atoms with Crippen LogP contribution in [0.4, 0.5) is 26.0 Å². The number of thiophene rings is 1. The third kappa shape index (κ3) is 6.66. The van der Waals surface area contributed by atoms with E-state index >= 15 is 0 Å². The van der Waals surface area contributed by atoms with Crippen molar-refractivity contribution in [2.45, 2.75) is 18.1 Å². The molecule has 1 fully saturated rings. The summed E-state index contributed by atoms with van der Waals surface area (Å²) in [7, 11) is 0. The van der Waals surface area contributed by atoms with Crippen LogP contribution in [0.3, 0.4) is 0 Å². The Labute approximate surface area is 216 Å². The molecule has 0 radical (unpaired) electrons. The van der Waals surface area contributed by atoms with Crippen LogP contribution in [0.15, 0.2) is 52.4 Å². The first-order valence-electron chi connectivity index (χ1n) is 10.2. The van der Waals surface area contributed by atoms with Gasteiger partial charge in [-0.05, 0) is 58.7 Å². The van der Waals surface area contributed by atoms with Crippen LogP contribution in [0.1, 0.15) is 26.5 Å². The van der Waals surface area contributed by atoms with Crippen LogP contribution in [-0.4, -0.2) is 46.7 Å². The van der Waals surface area contributed by atoms with Crippen molar-refractivity contribution in [3.63, 3.8) is 0 Å². The van der Waals surface area contributed by atoms with E-state index in [1.54, 1.807) is 11.4 Å². The Morgan fingerprint density at radius 3 is 2.57 bits per heavy atom. The Morgan fingerprint density at radius 1 is 1.23 bits per heavy atom. The zero-order chi connectivity index (χ0) is 25.2. The van der Waals surface area contributed by atoms with Crippen molar-refractivity contribution in [1.82, 2.24) is 4.98 Å². The molecule has 4 rings (SSSR count). The lowest BCUT2D eigenvalue weighted by Gasteiger charge is -2.21. The van der Waals surface area contributed by atoms with Crippen molar-refractivity contribution in [2.24, 2.45) is 0 Å². The summed E-state index contributed by atoms with van der Waals surface area (Å²) in [6.07, 6.45) is 1.41. The van der Waals surface area contributed by atoms with Gasteiger partial charge in [0.2, 0.25) is 0 Å². The Kier molecular flexibility index (Phi) is 7.55. The number of benzene rings is 1. The second-order valence-corrected chi connectivity index (χ2v) is 9.86. The normalized spacial score (nSPS) is 15.7. The summed E-state index contributed by atoms with van der Waals surface area (Å²) in [4.78, 5) is 32.3. The second-order valence-electron chi connectivity index (χ2n) is 7.59. The van der Waals surface area contributed by atoms with Gasteiger partial charge in [-0.2, -0.15) is 0 Å². The van der Waals surface area contributed by atoms with Crippen molar-refractivity contribution >= 4 is 67.9 Å². The van der Waals surface area contributed by atoms with Gasteiger partial charge in [-0.15, -0.1) is 20.1 Å². The molecule has 3 aromatic rings. The number of aliphatic hydroxyl groups excluding tert-OH is 1. The number of hydrogen-bond acceptors (Lipinski definition) is 7. The lowest BCUT2D eigenvalue weighted by Crippen LogP contribution is -2.25. The molecule has 0 aliphatic carbocycles. The van der Waals surface area contributed by atoms with Crippen molar-refractivity contribution in [3.8, 4) is 5.75 Å². The fourth-order valence-electron chi connectivity index (χ4n) is 3.42. The standard InChI is InChI=1S/C22H18BrClF2N4O4S/c23-13-8-18(35-11-13)21(33)29-17-7-12(9-27-19(17)30-6-5-15(31)10-30)20(32)28-14-1-3-16(4-2-14)34-22(24,25)26/h1-4,7-9,11,15,31H,5-6,10H2,(H,28,32)(H,29,33)/t15-/m1/s1. The van der Waals surface area contributed by atoms with Gasteiger partial charge in [0.05, 0.1) is 22.2 Å².